The molecule has 0 aliphatic rings. The first-order valence-corrected chi connectivity index (χ1v) is 7.36. The van der Waals surface area contributed by atoms with Crippen LogP contribution in [-0.2, 0) is 0 Å². The van der Waals surface area contributed by atoms with Gasteiger partial charge in [0.15, 0.2) is 0 Å². The minimum absolute atomic E-state index is 0.0478. The SMILES string of the molecule is COc1ccc(NC(CN)c2cc(Br)ccc2Cl)cc1. The van der Waals surface area contributed by atoms with Gasteiger partial charge in [0.25, 0.3) is 0 Å². The number of halogens is 2. The monoisotopic (exact) mass is 354 g/mol. The molecule has 0 heterocycles. The molecule has 0 bridgehead atoms. The molecule has 2 rings (SSSR count). The molecule has 5 heteroatoms. The molecule has 0 aliphatic heterocycles. The predicted molar refractivity (Wildman–Crippen MR) is 87.6 cm³/mol. The Morgan fingerprint density at radius 1 is 1.25 bits per heavy atom. The van der Waals surface area contributed by atoms with E-state index >= 15 is 0 Å². The Morgan fingerprint density at radius 2 is 1.95 bits per heavy atom. The molecule has 3 N–H and O–H groups in total. The molecule has 0 radical (unpaired) electrons. The predicted octanol–water partition coefficient (Wildman–Crippen LogP) is 4.22. The van der Waals surface area contributed by atoms with Crippen LogP contribution >= 0.6 is 27.5 Å². The van der Waals surface area contributed by atoms with E-state index < -0.39 is 0 Å². The minimum atomic E-state index is -0.0478. The zero-order valence-electron chi connectivity index (χ0n) is 11.1. The molecule has 0 fully saturated rings. The molecule has 2 aromatic rings. The van der Waals surface area contributed by atoms with Crippen molar-refractivity contribution in [3.8, 4) is 5.75 Å². The van der Waals surface area contributed by atoms with Crippen LogP contribution < -0.4 is 15.8 Å². The Bertz CT molecular complexity index is 575. The molecule has 3 nitrogen and oxygen atoms in total. The highest BCUT2D eigenvalue weighted by Gasteiger charge is 2.13. The lowest BCUT2D eigenvalue weighted by molar-refractivity contribution is 0.415. The molecule has 0 saturated carbocycles. The van der Waals surface area contributed by atoms with E-state index in [9.17, 15) is 0 Å². The maximum atomic E-state index is 6.25. The summed E-state index contributed by atoms with van der Waals surface area (Å²) in [6, 6.07) is 13.4. The molecular formula is C15H16BrClN2O. The van der Waals surface area contributed by atoms with Gasteiger partial charge in [0, 0.05) is 21.7 Å². The third-order valence-corrected chi connectivity index (χ3v) is 3.84. The van der Waals surface area contributed by atoms with Gasteiger partial charge in [-0.1, -0.05) is 27.5 Å². The lowest BCUT2D eigenvalue weighted by Crippen LogP contribution is -2.21. The minimum Gasteiger partial charge on any atom is -0.497 e. The molecule has 0 amide bonds. The summed E-state index contributed by atoms with van der Waals surface area (Å²) in [5.74, 6) is 0.820. The molecule has 20 heavy (non-hydrogen) atoms. The summed E-state index contributed by atoms with van der Waals surface area (Å²) in [7, 11) is 1.65. The van der Waals surface area contributed by atoms with Crippen molar-refractivity contribution in [2.45, 2.75) is 6.04 Å². The summed E-state index contributed by atoms with van der Waals surface area (Å²) in [5, 5.41) is 4.08. The van der Waals surface area contributed by atoms with Crippen molar-refractivity contribution >= 4 is 33.2 Å². The van der Waals surface area contributed by atoms with Crippen molar-refractivity contribution in [2.24, 2.45) is 5.73 Å². The summed E-state index contributed by atoms with van der Waals surface area (Å²) in [6.07, 6.45) is 0. The number of nitrogens with two attached hydrogens (primary N) is 1. The van der Waals surface area contributed by atoms with Crippen LogP contribution in [0.25, 0.3) is 0 Å². The molecule has 2 aromatic carbocycles. The van der Waals surface area contributed by atoms with Gasteiger partial charge in [-0.05, 0) is 48.0 Å². The highest BCUT2D eigenvalue weighted by atomic mass is 79.9. The van der Waals surface area contributed by atoms with Gasteiger partial charge in [0.1, 0.15) is 5.75 Å². The third kappa shape index (κ3) is 3.66. The number of ether oxygens (including phenoxy) is 1. The number of hydrogen-bond acceptors (Lipinski definition) is 3. The molecular weight excluding hydrogens is 340 g/mol. The largest absolute Gasteiger partial charge is 0.497 e. The molecule has 1 unspecified atom stereocenters. The van der Waals surface area contributed by atoms with Crippen molar-refractivity contribution in [3.63, 3.8) is 0 Å². The maximum absolute atomic E-state index is 6.25. The van der Waals surface area contributed by atoms with Crippen LogP contribution in [0.4, 0.5) is 5.69 Å². The van der Waals surface area contributed by atoms with Gasteiger partial charge in [-0.15, -0.1) is 0 Å². The second kappa shape index (κ2) is 6.97. The van der Waals surface area contributed by atoms with Crippen LogP contribution in [0.2, 0.25) is 5.02 Å². The van der Waals surface area contributed by atoms with E-state index in [1.54, 1.807) is 7.11 Å². The topological polar surface area (TPSA) is 47.3 Å². The van der Waals surface area contributed by atoms with Crippen molar-refractivity contribution in [2.75, 3.05) is 19.0 Å². The molecule has 0 spiro atoms. The van der Waals surface area contributed by atoms with E-state index in [1.165, 1.54) is 0 Å². The van der Waals surface area contributed by atoms with Crippen molar-refractivity contribution in [1.82, 2.24) is 0 Å². The van der Waals surface area contributed by atoms with Crippen LogP contribution in [0.15, 0.2) is 46.9 Å². The van der Waals surface area contributed by atoms with E-state index in [1.807, 2.05) is 42.5 Å². The van der Waals surface area contributed by atoms with E-state index in [0.717, 1.165) is 21.5 Å². The number of methoxy groups -OCH3 is 1. The zero-order valence-corrected chi connectivity index (χ0v) is 13.4. The fourth-order valence-electron chi connectivity index (χ4n) is 1.93. The van der Waals surface area contributed by atoms with E-state index in [4.69, 9.17) is 22.1 Å². The fourth-order valence-corrected chi connectivity index (χ4v) is 2.56. The standard InChI is InChI=1S/C15H16BrClN2O/c1-20-12-5-3-11(4-6-12)19-15(9-18)13-8-10(16)2-7-14(13)17/h2-8,15,19H,9,18H2,1H3. The van der Waals surface area contributed by atoms with Crippen LogP contribution in [0.1, 0.15) is 11.6 Å². The molecule has 0 aromatic heterocycles. The van der Waals surface area contributed by atoms with Crippen LogP contribution in [0.3, 0.4) is 0 Å². The van der Waals surface area contributed by atoms with Crippen LogP contribution in [0.5, 0.6) is 5.75 Å². The molecule has 1 atom stereocenters. The van der Waals surface area contributed by atoms with Gasteiger partial charge >= 0.3 is 0 Å². The highest BCUT2D eigenvalue weighted by molar-refractivity contribution is 9.10. The third-order valence-electron chi connectivity index (χ3n) is 3.00. The van der Waals surface area contributed by atoms with Crippen LogP contribution in [0, 0.1) is 0 Å². The smallest absolute Gasteiger partial charge is 0.119 e. The lowest BCUT2D eigenvalue weighted by atomic mass is 10.1. The van der Waals surface area contributed by atoms with E-state index in [-0.39, 0.29) is 6.04 Å². The summed E-state index contributed by atoms with van der Waals surface area (Å²) in [5.41, 5.74) is 7.81. The Hall–Kier alpha value is -1.23. The van der Waals surface area contributed by atoms with Crippen molar-refractivity contribution in [3.05, 3.63) is 57.5 Å². The lowest BCUT2D eigenvalue weighted by Gasteiger charge is -2.20. The average Bonchev–Trinajstić information content (AvgIpc) is 2.48. The Morgan fingerprint density at radius 3 is 2.55 bits per heavy atom. The van der Waals surface area contributed by atoms with Crippen LogP contribution in [-0.4, -0.2) is 13.7 Å². The Kier molecular flexibility index (Phi) is 5.29. The fraction of sp³-hybridized carbons (Fsp3) is 0.200. The van der Waals surface area contributed by atoms with Gasteiger partial charge in [-0.25, -0.2) is 0 Å². The molecule has 106 valence electrons. The van der Waals surface area contributed by atoms with Gasteiger partial charge in [0.05, 0.1) is 13.2 Å². The molecule has 0 aliphatic carbocycles. The van der Waals surface area contributed by atoms with E-state index in [0.29, 0.717) is 11.6 Å². The number of rotatable bonds is 5. The summed E-state index contributed by atoms with van der Waals surface area (Å²) in [6.45, 7) is 0.447. The number of benzene rings is 2. The quantitative estimate of drug-likeness (QED) is 0.844. The normalized spacial score (nSPS) is 12.0. The summed E-state index contributed by atoms with van der Waals surface area (Å²) in [4.78, 5) is 0. The highest BCUT2D eigenvalue weighted by Crippen LogP contribution is 2.29. The van der Waals surface area contributed by atoms with Gasteiger partial charge in [-0.3, -0.25) is 0 Å². The van der Waals surface area contributed by atoms with Gasteiger partial charge in [0.2, 0.25) is 0 Å². The molecule has 0 saturated heterocycles. The van der Waals surface area contributed by atoms with Crippen molar-refractivity contribution in [1.29, 1.82) is 0 Å². The first-order valence-electron chi connectivity index (χ1n) is 6.19. The Labute approximate surface area is 132 Å². The van der Waals surface area contributed by atoms with Crippen molar-refractivity contribution < 1.29 is 4.74 Å². The van der Waals surface area contributed by atoms with Gasteiger partial charge < -0.3 is 15.8 Å². The second-order valence-electron chi connectivity index (χ2n) is 4.33. The Balaban J connectivity index is 2.21. The first-order chi connectivity index (χ1) is 9.63. The number of nitrogens with one attached hydrogen (secondary N) is 1. The number of anilines is 1. The zero-order chi connectivity index (χ0) is 14.5. The maximum Gasteiger partial charge on any atom is 0.119 e. The number of hydrogen-bond donors (Lipinski definition) is 2. The van der Waals surface area contributed by atoms with Gasteiger partial charge in [-0.2, -0.15) is 0 Å². The average molecular weight is 356 g/mol. The summed E-state index contributed by atoms with van der Waals surface area (Å²) >= 11 is 9.70. The first kappa shape index (κ1) is 15.2. The summed E-state index contributed by atoms with van der Waals surface area (Å²) < 4.78 is 6.12. The van der Waals surface area contributed by atoms with E-state index in [2.05, 4.69) is 21.2 Å². The second-order valence-corrected chi connectivity index (χ2v) is 5.65.